The van der Waals surface area contributed by atoms with Gasteiger partial charge >= 0.3 is 6.09 Å². The minimum absolute atomic E-state index is 0.0826. The van der Waals surface area contributed by atoms with Crippen LogP contribution in [0.5, 0.6) is 0 Å². The summed E-state index contributed by atoms with van der Waals surface area (Å²) in [4.78, 5) is 34.0. The maximum atomic E-state index is 15.9. The predicted molar refractivity (Wildman–Crippen MR) is 137 cm³/mol. The van der Waals surface area contributed by atoms with E-state index < -0.39 is 18.0 Å². The van der Waals surface area contributed by atoms with Gasteiger partial charge in [-0.25, -0.2) is 14.2 Å². The first-order valence-electron chi connectivity index (χ1n) is 13.2. The number of nitrogens with one attached hydrogen (secondary N) is 2. The third kappa shape index (κ3) is 5.23. The van der Waals surface area contributed by atoms with Crippen LogP contribution >= 0.6 is 0 Å². The molecule has 1 aliphatic heterocycles. The van der Waals surface area contributed by atoms with Crippen molar-refractivity contribution < 1.29 is 28.3 Å². The molecule has 1 unspecified atom stereocenters. The molecule has 3 aromatic rings. The summed E-state index contributed by atoms with van der Waals surface area (Å²) in [5, 5.41) is 16.6. The molecule has 38 heavy (non-hydrogen) atoms. The van der Waals surface area contributed by atoms with Crippen LogP contribution in [0.15, 0.2) is 29.2 Å². The fourth-order valence-corrected chi connectivity index (χ4v) is 5.40. The van der Waals surface area contributed by atoms with E-state index in [-0.39, 0.29) is 35.1 Å². The largest absolute Gasteiger partial charge is 0.499 e. The van der Waals surface area contributed by atoms with Crippen LogP contribution in [0.3, 0.4) is 0 Å². The van der Waals surface area contributed by atoms with E-state index in [9.17, 15) is 14.7 Å². The van der Waals surface area contributed by atoms with E-state index in [2.05, 4.69) is 20.4 Å². The lowest BCUT2D eigenvalue weighted by molar-refractivity contribution is 0.0911. The molecule has 0 radical (unpaired) electrons. The molecule has 0 bridgehead atoms. The molecule has 2 aromatic heterocycles. The van der Waals surface area contributed by atoms with E-state index in [4.69, 9.17) is 9.26 Å². The number of ether oxygens (including phenoxy) is 1. The molecular weight excluding hydrogens is 493 g/mol. The maximum Gasteiger partial charge on any atom is 0.411 e. The van der Waals surface area contributed by atoms with Gasteiger partial charge < -0.3 is 24.7 Å². The van der Waals surface area contributed by atoms with Crippen LogP contribution < -0.4 is 5.32 Å². The summed E-state index contributed by atoms with van der Waals surface area (Å²) >= 11 is 0. The molecule has 2 amide bonds. The van der Waals surface area contributed by atoms with E-state index in [0.717, 1.165) is 43.4 Å². The lowest BCUT2D eigenvalue weighted by Crippen LogP contribution is -2.35. The van der Waals surface area contributed by atoms with Gasteiger partial charge in [0.25, 0.3) is 5.91 Å². The lowest BCUT2D eigenvalue weighted by Gasteiger charge is -2.28. The average molecular weight is 526 g/mol. The number of amides is 2. The number of fused-ring (bicyclic) bond motifs is 1. The fraction of sp³-hybridized carbons (Fsp3) is 0.481. The Bertz CT molecular complexity index is 1340. The third-order valence-electron chi connectivity index (χ3n) is 7.44. The number of H-pyrrole nitrogens is 1. The number of hydrogen-bond acceptors (Lipinski definition) is 6. The Hall–Kier alpha value is -3.89. The summed E-state index contributed by atoms with van der Waals surface area (Å²) in [6.45, 7) is 2.24. The quantitative estimate of drug-likeness (QED) is 0.399. The predicted octanol–water partition coefficient (Wildman–Crippen LogP) is 5.53. The van der Waals surface area contributed by atoms with Crippen molar-refractivity contribution in [1.29, 1.82) is 0 Å². The van der Waals surface area contributed by atoms with E-state index >= 15 is 4.39 Å². The number of benzene rings is 1. The van der Waals surface area contributed by atoms with Crippen molar-refractivity contribution >= 4 is 28.7 Å². The van der Waals surface area contributed by atoms with Crippen LogP contribution in [0.25, 0.3) is 16.7 Å². The number of carboxylic acid groups (broad SMARTS) is 1. The Balaban J connectivity index is 1.53. The second-order valence-electron chi connectivity index (χ2n) is 9.98. The number of nitrogens with zero attached hydrogens (tertiary/aromatic N) is 3. The number of carbonyl (C=O) groups is 2. The highest BCUT2D eigenvalue weighted by Crippen LogP contribution is 2.35. The molecule has 5 rings (SSSR count). The normalized spacial score (nSPS) is 18.2. The molecule has 1 aromatic carbocycles. The molecule has 0 spiro atoms. The van der Waals surface area contributed by atoms with Crippen LogP contribution in [-0.2, 0) is 4.74 Å². The molecule has 10 nitrogen and oxygen atoms in total. The van der Waals surface area contributed by atoms with Gasteiger partial charge in [0.2, 0.25) is 0 Å². The van der Waals surface area contributed by atoms with Gasteiger partial charge in [-0.2, -0.15) is 0 Å². The van der Waals surface area contributed by atoms with Crippen molar-refractivity contribution in [1.82, 2.24) is 25.3 Å². The molecule has 0 saturated heterocycles. The number of hydrogen-bond donors (Lipinski definition) is 3. The molecule has 1 fully saturated rings. The van der Waals surface area contributed by atoms with E-state index in [1.807, 2.05) is 0 Å². The Kier molecular flexibility index (Phi) is 7.62. The van der Waals surface area contributed by atoms with Crippen molar-refractivity contribution in [2.24, 2.45) is 5.92 Å². The Morgan fingerprint density at radius 2 is 1.95 bits per heavy atom. The van der Waals surface area contributed by atoms with E-state index in [0.29, 0.717) is 35.6 Å². The van der Waals surface area contributed by atoms with Crippen LogP contribution in [-0.4, -0.2) is 50.3 Å². The number of imidazole rings is 1. The van der Waals surface area contributed by atoms with E-state index in [1.54, 1.807) is 13.0 Å². The molecule has 202 valence electrons. The van der Waals surface area contributed by atoms with Crippen molar-refractivity contribution in [2.45, 2.75) is 64.3 Å². The first kappa shape index (κ1) is 25.7. The third-order valence-corrected chi connectivity index (χ3v) is 7.44. The molecule has 11 heteroatoms. The minimum atomic E-state index is -1.18. The lowest BCUT2D eigenvalue weighted by atomic mass is 9.85. The van der Waals surface area contributed by atoms with Gasteiger partial charge in [-0.1, -0.05) is 37.3 Å². The highest BCUT2D eigenvalue weighted by Gasteiger charge is 2.31. The van der Waals surface area contributed by atoms with Gasteiger partial charge in [0.1, 0.15) is 29.4 Å². The maximum absolute atomic E-state index is 15.9. The number of aromatic nitrogens is 3. The smallest absolute Gasteiger partial charge is 0.411 e. The summed E-state index contributed by atoms with van der Waals surface area (Å²) in [5.41, 5.74) is 1.60. The van der Waals surface area contributed by atoms with Gasteiger partial charge in [-0.15, -0.1) is 0 Å². The number of carbonyl (C=O) groups excluding carboxylic acids is 1. The molecule has 3 heterocycles. The summed E-state index contributed by atoms with van der Waals surface area (Å²) in [5.74, 6) is -0.394. The van der Waals surface area contributed by atoms with Crippen LogP contribution in [0.2, 0.25) is 0 Å². The fourth-order valence-electron chi connectivity index (χ4n) is 5.40. The summed E-state index contributed by atoms with van der Waals surface area (Å²) in [7, 11) is 0. The zero-order valence-corrected chi connectivity index (χ0v) is 21.3. The second kappa shape index (κ2) is 11.2. The topological polar surface area (TPSA) is 134 Å². The minimum Gasteiger partial charge on any atom is -0.499 e. The monoisotopic (exact) mass is 525 g/mol. The van der Waals surface area contributed by atoms with Gasteiger partial charge in [0.05, 0.1) is 29.6 Å². The van der Waals surface area contributed by atoms with Gasteiger partial charge in [0.15, 0.2) is 5.82 Å². The van der Waals surface area contributed by atoms with Gasteiger partial charge in [-0.05, 0) is 44.2 Å². The first-order chi connectivity index (χ1) is 18.4. The summed E-state index contributed by atoms with van der Waals surface area (Å²) in [6, 6.07) is 2.73. The highest BCUT2D eigenvalue weighted by atomic mass is 19.1. The standard InChI is InChI=1S/C27H32FN5O5/c1-16-19(14-38-32-16)26(34)31-23(17-8-5-3-2-4-6-9-17)25-29-20-11-10-18(22(28)24(20)30-25)21-15-37-13-7-12-33(21)27(35)36/h10-11,14-15,17,23H,2-9,12-13H2,1H3,(H,29,30)(H,31,34)(H,35,36). The second-order valence-corrected chi connectivity index (χ2v) is 9.98. The molecule has 2 aliphatic rings. The molecule has 1 aliphatic carbocycles. The Morgan fingerprint density at radius 3 is 2.66 bits per heavy atom. The van der Waals surface area contributed by atoms with Crippen LogP contribution in [0.1, 0.15) is 84.8 Å². The van der Waals surface area contributed by atoms with E-state index in [1.165, 1.54) is 25.0 Å². The van der Waals surface area contributed by atoms with Gasteiger partial charge in [-0.3, -0.25) is 9.69 Å². The zero-order valence-electron chi connectivity index (χ0n) is 21.3. The average Bonchev–Trinajstić information content (AvgIpc) is 3.42. The molecule has 1 atom stereocenters. The van der Waals surface area contributed by atoms with Crippen LogP contribution in [0, 0.1) is 18.7 Å². The SMILES string of the molecule is Cc1nocc1C(=O)NC(c1nc2c(F)c(C3=COCCCN3C(=O)O)ccc2[nH]1)C1CCCCCCC1. The van der Waals surface area contributed by atoms with Crippen LogP contribution in [0.4, 0.5) is 9.18 Å². The Labute approximate surface area is 219 Å². The zero-order chi connectivity index (χ0) is 26.6. The van der Waals surface area contributed by atoms with Crippen molar-refractivity contribution in [3.05, 3.63) is 53.1 Å². The molecular formula is C27H32FN5O5. The highest BCUT2D eigenvalue weighted by molar-refractivity contribution is 5.95. The Morgan fingerprint density at radius 1 is 1.18 bits per heavy atom. The number of halogens is 1. The molecule has 3 N–H and O–H groups in total. The first-order valence-corrected chi connectivity index (χ1v) is 13.2. The van der Waals surface area contributed by atoms with Crippen molar-refractivity contribution in [2.75, 3.05) is 13.2 Å². The number of rotatable bonds is 5. The van der Waals surface area contributed by atoms with Crippen molar-refractivity contribution in [3.63, 3.8) is 0 Å². The van der Waals surface area contributed by atoms with Gasteiger partial charge in [0, 0.05) is 12.1 Å². The summed E-state index contributed by atoms with van der Waals surface area (Å²) in [6.07, 6.45) is 9.31. The summed E-state index contributed by atoms with van der Waals surface area (Å²) < 4.78 is 26.3. The molecule has 1 saturated carbocycles. The number of aromatic amines is 1. The number of aryl methyl sites for hydroxylation is 1. The van der Waals surface area contributed by atoms with Crippen molar-refractivity contribution in [3.8, 4) is 0 Å².